The summed E-state index contributed by atoms with van der Waals surface area (Å²) in [7, 11) is 0. The molecule has 1 saturated carbocycles. The van der Waals surface area contributed by atoms with Gasteiger partial charge in [-0.25, -0.2) is 4.39 Å². The van der Waals surface area contributed by atoms with Crippen LogP contribution in [0.1, 0.15) is 6.42 Å². The highest BCUT2D eigenvalue weighted by Crippen LogP contribution is 2.27. The Bertz CT molecular complexity index is 122. The molecule has 4 heteroatoms. The predicted octanol–water partition coefficient (Wildman–Crippen LogP) is -0.975. The van der Waals surface area contributed by atoms with Gasteiger partial charge in [0.05, 0.1) is 12.7 Å². The SMILES string of the molecule is N[C@H]1C[C@H](O)[C@@H](CO)[C@@H]1F. The normalized spacial score (nSPS) is 48.0. The van der Waals surface area contributed by atoms with E-state index in [2.05, 4.69) is 0 Å². The third kappa shape index (κ3) is 1.14. The molecule has 4 atom stereocenters. The molecule has 4 N–H and O–H groups in total. The van der Waals surface area contributed by atoms with Crippen LogP contribution in [0, 0.1) is 5.92 Å². The summed E-state index contributed by atoms with van der Waals surface area (Å²) >= 11 is 0. The molecule has 1 rings (SSSR count). The van der Waals surface area contributed by atoms with E-state index in [1.807, 2.05) is 0 Å². The van der Waals surface area contributed by atoms with Crippen LogP contribution in [0.4, 0.5) is 4.39 Å². The fourth-order valence-electron chi connectivity index (χ4n) is 1.34. The molecule has 0 unspecified atom stereocenters. The number of hydrogen-bond acceptors (Lipinski definition) is 3. The molecule has 60 valence electrons. The maximum atomic E-state index is 12.8. The predicted molar refractivity (Wildman–Crippen MR) is 34.1 cm³/mol. The monoisotopic (exact) mass is 149 g/mol. The topological polar surface area (TPSA) is 66.5 Å². The summed E-state index contributed by atoms with van der Waals surface area (Å²) in [6.07, 6.45) is -1.76. The van der Waals surface area contributed by atoms with E-state index >= 15 is 0 Å². The van der Waals surface area contributed by atoms with Crippen molar-refractivity contribution in [2.24, 2.45) is 11.7 Å². The summed E-state index contributed by atoms with van der Waals surface area (Å²) in [5.74, 6) is -0.671. The van der Waals surface area contributed by atoms with Crippen LogP contribution in [-0.4, -0.2) is 35.1 Å². The molecule has 0 bridgehead atoms. The third-order valence-corrected chi connectivity index (χ3v) is 2.04. The van der Waals surface area contributed by atoms with Crippen molar-refractivity contribution in [1.82, 2.24) is 0 Å². The van der Waals surface area contributed by atoms with Crippen LogP contribution in [0.15, 0.2) is 0 Å². The second-order valence-electron chi connectivity index (χ2n) is 2.76. The van der Waals surface area contributed by atoms with E-state index in [1.54, 1.807) is 0 Å². The zero-order valence-corrected chi connectivity index (χ0v) is 5.57. The van der Waals surface area contributed by atoms with Gasteiger partial charge in [-0.05, 0) is 6.42 Å². The van der Waals surface area contributed by atoms with Gasteiger partial charge < -0.3 is 15.9 Å². The van der Waals surface area contributed by atoms with Crippen LogP contribution in [0.3, 0.4) is 0 Å². The first-order valence-corrected chi connectivity index (χ1v) is 3.35. The average Bonchev–Trinajstić information content (AvgIpc) is 2.09. The molecule has 3 nitrogen and oxygen atoms in total. The molecule has 1 aliphatic carbocycles. The Kier molecular flexibility index (Phi) is 2.23. The lowest BCUT2D eigenvalue weighted by Gasteiger charge is -2.12. The Morgan fingerprint density at radius 2 is 2.20 bits per heavy atom. The highest BCUT2D eigenvalue weighted by molar-refractivity contribution is 4.93. The maximum absolute atomic E-state index is 12.8. The van der Waals surface area contributed by atoms with E-state index in [9.17, 15) is 4.39 Å². The van der Waals surface area contributed by atoms with E-state index in [0.29, 0.717) is 0 Å². The van der Waals surface area contributed by atoms with Gasteiger partial charge in [-0.1, -0.05) is 0 Å². The summed E-state index contributed by atoms with van der Waals surface area (Å²) in [5.41, 5.74) is 5.29. The smallest absolute Gasteiger partial charge is 0.123 e. The Hall–Kier alpha value is -0.190. The number of nitrogens with two attached hydrogens (primary N) is 1. The third-order valence-electron chi connectivity index (χ3n) is 2.04. The van der Waals surface area contributed by atoms with Crippen molar-refractivity contribution in [1.29, 1.82) is 0 Å². The van der Waals surface area contributed by atoms with Gasteiger partial charge in [0.1, 0.15) is 6.17 Å². The van der Waals surface area contributed by atoms with Gasteiger partial charge in [0.2, 0.25) is 0 Å². The summed E-state index contributed by atoms with van der Waals surface area (Å²) < 4.78 is 12.8. The first kappa shape index (κ1) is 7.91. The van der Waals surface area contributed by atoms with E-state index in [4.69, 9.17) is 15.9 Å². The van der Waals surface area contributed by atoms with Crippen LogP contribution >= 0.6 is 0 Å². The Morgan fingerprint density at radius 1 is 1.60 bits per heavy atom. The quantitative estimate of drug-likeness (QED) is 0.449. The Morgan fingerprint density at radius 3 is 2.40 bits per heavy atom. The first-order valence-electron chi connectivity index (χ1n) is 3.35. The van der Waals surface area contributed by atoms with Gasteiger partial charge in [-0.2, -0.15) is 0 Å². The molecule has 0 aromatic rings. The van der Waals surface area contributed by atoms with Crippen molar-refractivity contribution in [3.63, 3.8) is 0 Å². The van der Waals surface area contributed by atoms with Gasteiger partial charge in [0.25, 0.3) is 0 Å². The molecule has 10 heavy (non-hydrogen) atoms. The van der Waals surface area contributed by atoms with Gasteiger partial charge in [-0.3, -0.25) is 0 Å². The van der Waals surface area contributed by atoms with Crippen LogP contribution in [-0.2, 0) is 0 Å². The van der Waals surface area contributed by atoms with Gasteiger partial charge in [0, 0.05) is 12.0 Å². The Labute approximate surface area is 58.7 Å². The van der Waals surface area contributed by atoms with E-state index in [0.717, 1.165) is 0 Å². The minimum Gasteiger partial charge on any atom is -0.396 e. The molecule has 1 aliphatic rings. The molecule has 0 aromatic carbocycles. The first-order chi connectivity index (χ1) is 4.66. The fourth-order valence-corrected chi connectivity index (χ4v) is 1.34. The molecule has 0 amide bonds. The van der Waals surface area contributed by atoms with E-state index < -0.39 is 24.2 Å². The summed E-state index contributed by atoms with van der Waals surface area (Å²) in [6.45, 7) is -0.323. The zero-order valence-electron chi connectivity index (χ0n) is 5.57. The minimum atomic E-state index is -1.25. The van der Waals surface area contributed by atoms with Crippen molar-refractivity contribution in [2.75, 3.05) is 6.61 Å². The number of aliphatic hydroxyl groups excluding tert-OH is 2. The number of hydrogen-bond donors (Lipinski definition) is 3. The Balaban J connectivity index is 2.55. The van der Waals surface area contributed by atoms with Gasteiger partial charge in [0.15, 0.2) is 0 Å². The number of rotatable bonds is 1. The second-order valence-corrected chi connectivity index (χ2v) is 2.76. The molecule has 0 heterocycles. The molecule has 0 aliphatic heterocycles. The molecular weight excluding hydrogens is 137 g/mol. The molecule has 0 saturated heterocycles. The molecule has 0 radical (unpaired) electrons. The van der Waals surface area contributed by atoms with Crippen molar-refractivity contribution in [3.05, 3.63) is 0 Å². The highest BCUT2D eigenvalue weighted by atomic mass is 19.1. The van der Waals surface area contributed by atoms with Crippen molar-refractivity contribution in [3.8, 4) is 0 Å². The molecule has 1 fully saturated rings. The largest absolute Gasteiger partial charge is 0.396 e. The zero-order chi connectivity index (χ0) is 7.72. The minimum absolute atomic E-state index is 0.256. The van der Waals surface area contributed by atoms with Gasteiger partial charge >= 0.3 is 0 Å². The van der Waals surface area contributed by atoms with Crippen LogP contribution in [0.5, 0.6) is 0 Å². The molecule has 0 spiro atoms. The van der Waals surface area contributed by atoms with Crippen molar-refractivity contribution in [2.45, 2.75) is 24.7 Å². The van der Waals surface area contributed by atoms with Crippen molar-refractivity contribution < 1.29 is 14.6 Å². The average molecular weight is 149 g/mol. The lowest BCUT2D eigenvalue weighted by atomic mass is 10.1. The van der Waals surface area contributed by atoms with E-state index in [1.165, 1.54) is 0 Å². The van der Waals surface area contributed by atoms with Crippen molar-refractivity contribution >= 4 is 0 Å². The lowest BCUT2D eigenvalue weighted by molar-refractivity contribution is 0.0606. The standard InChI is InChI=1S/C6H12FNO2/c7-6-3(2-9)5(10)1-4(6)8/h3-6,9-10H,1-2,8H2/t3-,4+,5+,6+/m1/s1. The lowest BCUT2D eigenvalue weighted by Crippen LogP contribution is -2.31. The van der Waals surface area contributed by atoms with Crippen LogP contribution in [0.2, 0.25) is 0 Å². The highest BCUT2D eigenvalue weighted by Gasteiger charge is 2.40. The summed E-state index contributed by atoms with van der Waals surface area (Å²) in [6, 6.07) is -0.604. The number of alkyl halides is 1. The maximum Gasteiger partial charge on any atom is 0.123 e. The van der Waals surface area contributed by atoms with Crippen LogP contribution in [0.25, 0.3) is 0 Å². The fraction of sp³-hybridized carbons (Fsp3) is 1.00. The number of aliphatic hydroxyl groups is 2. The number of halogens is 1. The summed E-state index contributed by atoms with van der Waals surface area (Å²) in [4.78, 5) is 0. The van der Waals surface area contributed by atoms with E-state index in [-0.39, 0.29) is 13.0 Å². The second kappa shape index (κ2) is 2.82. The summed E-state index contributed by atoms with van der Waals surface area (Å²) in [5, 5.41) is 17.6. The molecule has 0 aromatic heterocycles. The molecular formula is C6H12FNO2. The van der Waals surface area contributed by atoms with Gasteiger partial charge in [-0.15, -0.1) is 0 Å². The van der Waals surface area contributed by atoms with Crippen LogP contribution < -0.4 is 5.73 Å².